The molecule has 1 fully saturated rings. The molecule has 95 heavy (non-hydrogen) atoms. The zero-order valence-corrected chi connectivity index (χ0v) is 55.8. The third kappa shape index (κ3) is 15.4. The van der Waals surface area contributed by atoms with Crippen LogP contribution in [0.1, 0.15) is 78.5 Å². The van der Waals surface area contributed by atoms with Crippen molar-refractivity contribution in [2.24, 2.45) is 0 Å². The first kappa shape index (κ1) is 66.7. The molecule has 11 aromatic rings. The van der Waals surface area contributed by atoms with Gasteiger partial charge in [0.25, 0.3) is 17.7 Å². The van der Waals surface area contributed by atoms with Crippen LogP contribution in [0.25, 0.3) is 90.3 Å². The number of nitrogens with zero attached hydrogens (tertiary/aromatic N) is 9. The van der Waals surface area contributed by atoms with Gasteiger partial charge in [-0.15, -0.1) is 0 Å². The quantitative estimate of drug-likeness (QED) is 0.0374. The molecule has 0 radical (unpaired) electrons. The Bertz CT molecular complexity index is 4280. The number of H-pyrrole nitrogens is 2. The zero-order chi connectivity index (χ0) is 66.2. The molecule has 1 saturated heterocycles. The second kappa shape index (κ2) is 31.9. The highest BCUT2D eigenvalue weighted by molar-refractivity contribution is 5.97. The number of aromatic amines is 2. The molecule has 0 aliphatic carbocycles. The fourth-order valence-electron chi connectivity index (χ4n) is 12.2. The molecular formula is C73H86N12O10. The van der Waals surface area contributed by atoms with Crippen LogP contribution in [-0.4, -0.2) is 154 Å². The van der Waals surface area contributed by atoms with E-state index in [-0.39, 0.29) is 6.10 Å². The van der Waals surface area contributed by atoms with Crippen molar-refractivity contribution in [3.05, 3.63) is 138 Å². The number of rotatable bonds is 27. The second-order valence-corrected chi connectivity index (χ2v) is 22.7. The maximum atomic E-state index is 9.89. The van der Waals surface area contributed by atoms with E-state index in [1.54, 1.807) is 0 Å². The van der Waals surface area contributed by atoms with Crippen molar-refractivity contribution in [3.8, 4) is 103 Å². The highest BCUT2D eigenvalue weighted by atomic mass is 16.5. The van der Waals surface area contributed by atoms with E-state index in [9.17, 15) is 5.11 Å². The minimum atomic E-state index is -0.245. The van der Waals surface area contributed by atoms with E-state index in [1.807, 2.05) is 152 Å². The molecule has 0 bridgehead atoms. The fourth-order valence-corrected chi connectivity index (χ4v) is 12.2. The van der Waals surface area contributed by atoms with Crippen LogP contribution in [-0.2, 0) is 19.5 Å². The minimum Gasteiger partial charge on any atom is -0.490 e. The first-order valence-corrected chi connectivity index (χ1v) is 33.1. The molecule has 2 aliphatic heterocycles. The number of aromatic nitrogens is 8. The van der Waals surface area contributed by atoms with Crippen LogP contribution in [0.2, 0.25) is 0 Å². The van der Waals surface area contributed by atoms with Gasteiger partial charge < -0.3 is 72.2 Å². The lowest BCUT2D eigenvalue weighted by Crippen LogP contribution is -2.34. The highest BCUT2D eigenvalue weighted by Crippen LogP contribution is 2.40. The number of anilines is 1. The van der Waals surface area contributed by atoms with Gasteiger partial charge in [0, 0.05) is 119 Å². The summed E-state index contributed by atoms with van der Waals surface area (Å²) in [5.41, 5.74) is 12.2. The standard InChI is InChI=1S/C26H34N4O3.C25H28N4O4.C22H24N4O3/c1-5-29(6-2)16-17-30-15-14-20-21(10-9-11-22(20)30)25-27-26(33-28-25)19-12-13-23(31-7-3)24(18-19)32-8-4;1-3-31-21-9-8-16(12-22(21)32-4-2)25-27-24(28-33-25)19-6-5-7-20-23(19)17(13-26-20)14-29-11-10-18(30)15-29;1-4-27-18-10-9-14(11-19(18)28-5-2)22-25-21(26-29-22)16-7-6-8-17-20(16)15(12-23-3)13-24-17/h9-13,18H,5-8,14-17H2,1-4H3;5-9,12-13,18,26,30H,3-4,10-11,14-15H2,1-2H3;6-11,13,23-24H,4-5,12H2,1-3H3/t;18-;/m.1./s1. The topological polar surface area (TPSA) is 246 Å². The van der Waals surface area contributed by atoms with Gasteiger partial charge in [-0.2, -0.15) is 15.0 Å². The lowest BCUT2D eigenvalue weighted by atomic mass is 10.0. The minimum absolute atomic E-state index is 0.245. The summed E-state index contributed by atoms with van der Waals surface area (Å²) in [5.74, 6) is 7.15. The van der Waals surface area contributed by atoms with Gasteiger partial charge in [0.15, 0.2) is 34.5 Å². The molecule has 6 aromatic carbocycles. The van der Waals surface area contributed by atoms with E-state index >= 15 is 0 Å². The number of aliphatic hydroxyl groups is 1. The van der Waals surface area contributed by atoms with Crippen LogP contribution in [0.15, 0.2) is 135 Å². The van der Waals surface area contributed by atoms with Gasteiger partial charge in [-0.3, -0.25) is 4.90 Å². The van der Waals surface area contributed by atoms with Crippen molar-refractivity contribution in [1.29, 1.82) is 0 Å². The molecular weight excluding hydrogens is 1200 g/mol. The maximum absolute atomic E-state index is 9.89. The van der Waals surface area contributed by atoms with Gasteiger partial charge in [0.2, 0.25) is 17.5 Å². The maximum Gasteiger partial charge on any atom is 0.258 e. The number of likely N-dealkylation sites (tertiary alicyclic amines) is 1. The molecule has 1 atom stereocenters. The number of aliphatic hydroxyl groups excluding tert-OH is 1. The van der Waals surface area contributed by atoms with Crippen LogP contribution < -0.4 is 38.6 Å². The van der Waals surface area contributed by atoms with Crippen LogP contribution in [0.4, 0.5) is 5.69 Å². The average molecular weight is 1290 g/mol. The fraction of sp³-hybridized carbons (Fsp3) is 0.370. The molecule has 0 unspecified atom stereocenters. The van der Waals surface area contributed by atoms with Gasteiger partial charge in [-0.25, -0.2) is 0 Å². The lowest BCUT2D eigenvalue weighted by molar-refractivity contribution is 0.175. The number of fused-ring (bicyclic) bond motifs is 3. The summed E-state index contributed by atoms with van der Waals surface area (Å²) in [6, 6.07) is 35.4. The van der Waals surface area contributed by atoms with Gasteiger partial charge in [0.05, 0.1) is 45.7 Å². The van der Waals surface area contributed by atoms with E-state index in [4.69, 9.17) is 52.0 Å². The summed E-state index contributed by atoms with van der Waals surface area (Å²) in [4.78, 5) is 27.9. The Labute approximate surface area is 553 Å². The molecule has 0 saturated carbocycles. The SMILES string of the molecule is CCOc1ccc(-c2nc(-c3cccc4[nH]cc(CN5CC[C@@H](O)C5)c34)no2)cc1OCC.CCOc1ccc(-c2nc(-c3cccc4[nH]cc(CNC)c34)no2)cc1OCC.CCOc1ccc(-c2nc(-c3cccc4c3CCN4CCN(CC)CC)no2)cc1OCC. The van der Waals surface area contributed by atoms with Crippen LogP contribution in [0.5, 0.6) is 34.5 Å². The molecule has 5 aromatic heterocycles. The predicted octanol–water partition coefficient (Wildman–Crippen LogP) is 13.6. The Balaban J connectivity index is 0.000000145. The Morgan fingerprint density at radius 2 is 0.979 bits per heavy atom. The smallest absolute Gasteiger partial charge is 0.258 e. The third-order valence-electron chi connectivity index (χ3n) is 16.7. The van der Waals surface area contributed by atoms with Crippen LogP contribution in [0.3, 0.4) is 0 Å². The number of ether oxygens (including phenoxy) is 6. The van der Waals surface area contributed by atoms with Gasteiger partial charge >= 0.3 is 0 Å². The Hall–Kier alpha value is -9.74. The summed E-state index contributed by atoms with van der Waals surface area (Å²) in [7, 11) is 1.93. The van der Waals surface area contributed by atoms with Crippen LogP contribution >= 0.6 is 0 Å². The molecule has 4 N–H and O–H groups in total. The number of hydrogen-bond acceptors (Lipinski definition) is 20. The van der Waals surface area contributed by atoms with Crippen molar-refractivity contribution >= 4 is 27.5 Å². The largest absolute Gasteiger partial charge is 0.490 e. The zero-order valence-electron chi connectivity index (χ0n) is 55.8. The van der Waals surface area contributed by atoms with E-state index in [2.05, 4.69) is 82.5 Å². The van der Waals surface area contributed by atoms with Crippen molar-refractivity contribution in [2.45, 2.75) is 87.4 Å². The van der Waals surface area contributed by atoms with E-state index in [0.29, 0.717) is 116 Å². The van der Waals surface area contributed by atoms with Crippen LogP contribution in [0, 0.1) is 0 Å². The van der Waals surface area contributed by atoms with Gasteiger partial charge in [-0.05, 0) is 164 Å². The molecule has 22 nitrogen and oxygen atoms in total. The molecule has 0 spiro atoms. The van der Waals surface area contributed by atoms with Crippen molar-refractivity contribution in [1.82, 2.24) is 55.5 Å². The predicted molar refractivity (Wildman–Crippen MR) is 369 cm³/mol. The van der Waals surface area contributed by atoms with Gasteiger partial charge in [0.1, 0.15) is 0 Å². The first-order valence-electron chi connectivity index (χ1n) is 33.1. The Morgan fingerprint density at radius 3 is 1.43 bits per heavy atom. The molecule has 22 heteroatoms. The average Bonchev–Trinajstić information content (AvgIpc) is 1.67. The van der Waals surface area contributed by atoms with E-state index in [0.717, 1.165) is 132 Å². The molecule has 0 amide bonds. The van der Waals surface area contributed by atoms with Gasteiger partial charge in [-0.1, -0.05) is 65.7 Å². The van der Waals surface area contributed by atoms with Crippen molar-refractivity contribution in [3.63, 3.8) is 0 Å². The summed E-state index contributed by atoms with van der Waals surface area (Å²) >= 11 is 0. The lowest BCUT2D eigenvalue weighted by Gasteiger charge is -2.24. The number of β-amino-alcohol motifs (C(OH)–C–C–N with tert-alkyl or cyclic N) is 1. The second-order valence-electron chi connectivity index (χ2n) is 22.7. The normalized spacial score (nSPS) is 13.6. The van der Waals surface area contributed by atoms with E-state index < -0.39 is 0 Å². The Kier molecular flexibility index (Phi) is 22.4. The van der Waals surface area contributed by atoms with Crippen molar-refractivity contribution < 1.29 is 47.1 Å². The van der Waals surface area contributed by atoms with Crippen molar-refractivity contribution in [2.75, 3.05) is 97.4 Å². The monoisotopic (exact) mass is 1290 g/mol. The number of benzene rings is 6. The number of likely N-dealkylation sites (N-methyl/N-ethyl adjacent to an activating group) is 1. The molecule has 7 heterocycles. The molecule has 13 rings (SSSR count). The molecule has 2 aliphatic rings. The summed E-state index contributed by atoms with van der Waals surface area (Å²) in [6.07, 6.45) is 5.60. The first-order chi connectivity index (χ1) is 46.6. The summed E-state index contributed by atoms with van der Waals surface area (Å²) in [6.45, 7) is 27.8. The highest BCUT2D eigenvalue weighted by Gasteiger charge is 2.27. The summed E-state index contributed by atoms with van der Waals surface area (Å²) in [5, 5.41) is 28.1. The third-order valence-corrected chi connectivity index (χ3v) is 16.7. The Morgan fingerprint density at radius 1 is 0.537 bits per heavy atom. The number of hydrogen-bond donors (Lipinski definition) is 4. The number of nitrogens with one attached hydrogen (secondary N) is 3. The summed E-state index contributed by atoms with van der Waals surface area (Å²) < 4.78 is 51.0. The van der Waals surface area contributed by atoms with E-state index in [1.165, 1.54) is 11.3 Å². The molecule has 498 valence electrons.